The Morgan fingerprint density at radius 3 is 2.84 bits per heavy atom. The van der Waals surface area contributed by atoms with E-state index < -0.39 is 0 Å². The smallest absolute Gasteiger partial charge is 0.227 e. The van der Waals surface area contributed by atoms with Crippen LogP contribution in [-0.4, -0.2) is 35.1 Å². The quantitative estimate of drug-likeness (QED) is 0.886. The molecule has 104 valence electrons. The van der Waals surface area contributed by atoms with Crippen molar-refractivity contribution in [1.82, 2.24) is 4.90 Å². The van der Waals surface area contributed by atoms with E-state index in [0.29, 0.717) is 25.9 Å². The summed E-state index contributed by atoms with van der Waals surface area (Å²) in [5, 5.41) is 9.92. The molecule has 1 N–H and O–H groups in total. The molecule has 1 atom stereocenters. The van der Waals surface area contributed by atoms with Gasteiger partial charge in [0, 0.05) is 18.5 Å². The topological polar surface area (TPSA) is 40.5 Å². The number of hydrogen-bond donors (Lipinski definition) is 1. The molecule has 1 fully saturated rings. The van der Waals surface area contributed by atoms with Gasteiger partial charge < -0.3 is 10.0 Å². The monoisotopic (exact) mass is 261 g/mol. The third-order valence-electron chi connectivity index (χ3n) is 3.96. The SMILES string of the molecule is Cc1cccc(CC(=O)N2CCC(O)C(C)(C)C2)c1. The number of likely N-dealkylation sites (tertiary alicyclic amines) is 1. The minimum Gasteiger partial charge on any atom is -0.392 e. The molecule has 1 aliphatic rings. The molecule has 3 nitrogen and oxygen atoms in total. The van der Waals surface area contributed by atoms with Crippen LogP contribution in [0.2, 0.25) is 0 Å². The lowest BCUT2D eigenvalue weighted by Gasteiger charge is -2.41. The van der Waals surface area contributed by atoms with Gasteiger partial charge in [0.1, 0.15) is 0 Å². The molecule has 1 amide bonds. The first-order valence-corrected chi connectivity index (χ1v) is 6.90. The second-order valence-electron chi connectivity index (χ2n) is 6.27. The molecule has 0 aliphatic carbocycles. The van der Waals surface area contributed by atoms with Crippen LogP contribution in [-0.2, 0) is 11.2 Å². The predicted molar refractivity (Wildman–Crippen MR) is 75.9 cm³/mol. The number of carbonyl (C=O) groups excluding carboxylic acids is 1. The summed E-state index contributed by atoms with van der Waals surface area (Å²) in [4.78, 5) is 14.2. The number of carbonyl (C=O) groups is 1. The maximum atomic E-state index is 12.3. The van der Waals surface area contributed by atoms with E-state index in [1.807, 2.05) is 43.9 Å². The van der Waals surface area contributed by atoms with Gasteiger partial charge >= 0.3 is 0 Å². The van der Waals surface area contributed by atoms with E-state index in [1.165, 1.54) is 5.56 Å². The lowest BCUT2D eigenvalue weighted by molar-refractivity contribution is -0.137. The Bertz CT molecular complexity index is 468. The molecule has 3 heteroatoms. The number of piperidine rings is 1. The Morgan fingerprint density at radius 1 is 1.47 bits per heavy atom. The molecular formula is C16H23NO2. The van der Waals surface area contributed by atoms with Crippen LogP contribution < -0.4 is 0 Å². The number of hydrogen-bond acceptors (Lipinski definition) is 2. The molecule has 0 aromatic heterocycles. The summed E-state index contributed by atoms with van der Waals surface area (Å²) in [7, 11) is 0. The highest BCUT2D eigenvalue weighted by Gasteiger charge is 2.36. The minimum absolute atomic E-state index is 0.158. The van der Waals surface area contributed by atoms with Crippen molar-refractivity contribution in [1.29, 1.82) is 0 Å². The van der Waals surface area contributed by atoms with Crippen LogP contribution in [0, 0.1) is 12.3 Å². The summed E-state index contributed by atoms with van der Waals surface area (Å²) < 4.78 is 0. The number of benzene rings is 1. The Kier molecular flexibility index (Phi) is 3.95. The van der Waals surface area contributed by atoms with Crippen molar-refractivity contribution in [3.63, 3.8) is 0 Å². The van der Waals surface area contributed by atoms with E-state index in [4.69, 9.17) is 0 Å². The van der Waals surface area contributed by atoms with Crippen molar-refractivity contribution in [2.75, 3.05) is 13.1 Å². The Hall–Kier alpha value is -1.35. The van der Waals surface area contributed by atoms with Crippen LogP contribution in [0.4, 0.5) is 0 Å². The highest BCUT2D eigenvalue weighted by molar-refractivity contribution is 5.79. The van der Waals surface area contributed by atoms with Gasteiger partial charge in [-0.3, -0.25) is 4.79 Å². The van der Waals surface area contributed by atoms with E-state index in [9.17, 15) is 9.90 Å². The van der Waals surface area contributed by atoms with Crippen molar-refractivity contribution in [3.05, 3.63) is 35.4 Å². The molecule has 1 aliphatic heterocycles. The minimum atomic E-state index is -0.310. The maximum Gasteiger partial charge on any atom is 0.227 e. The second kappa shape index (κ2) is 5.33. The van der Waals surface area contributed by atoms with E-state index >= 15 is 0 Å². The number of aryl methyl sites for hydroxylation is 1. The molecule has 0 radical (unpaired) electrons. The molecule has 1 aromatic rings. The number of amides is 1. The predicted octanol–water partition coefficient (Wildman–Crippen LogP) is 2.16. The Labute approximate surface area is 115 Å². The molecular weight excluding hydrogens is 238 g/mol. The Morgan fingerprint density at radius 2 is 2.21 bits per heavy atom. The zero-order chi connectivity index (χ0) is 14.0. The van der Waals surface area contributed by atoms with Crippen LogP contribution in [0.5, 0.6) is 0 Å². The molecule has 1 heterocycles. The van der Waals surface area contributed by atoms with Crippen LogP contribution in [0.15, 0.2) is 24.3 Å². The first-order chi connectivity index (χ1) is 8.88. The van der Waals surface area contributed by atoms with Gasteiger partial charge in [-0.15, -0.1) is 0 Å². The van der Waals surface area contributed by atoms with Crippen molar-refractivity contribution < 1.29 is 9.90 Å². The lowest BCUT2D eigenvalue weighted by Crippen LogP contribution is -2.51. The lowest BCUT2D eigenvalue weighted by atomic mass is 9.81. The average Bonchev–Trinajstić information content (AvgIpc) is 2.32. The number of rotatable bonds is 2. The highest BCUT2D eigenvalue weighted by atomic mass is 16.3. The molecule has 1 saturated heterocycles. The molecule has 0 bridgehead atoms. The standard InChI is InChI=1S/C16H23NO2/c1-12-5-4-6-13(9-12)10-15(19)17-8-7-14(18)16(2,3)11-17/h4-6,9,14,18H,7-8,10-11H2,1-3H3. The zero-order valence-electron chi connectivity index (χ0n) is 12.0. The van der Waals surface area contributed by atoms with E-state index in [1.54, 1.807) is 0 Å². The normalized spacial score (nSPS) is 22.3. The van der Waals surface area contributed by atoms with E-state index in [0.717, 1.165) is 5.56 Å². The average molecular weight is 261 g/mol. The summed E-state index contributed by atoms with van der Waals surface area (Å²) in [6.07, 6.45) is 0.816. The molecule has 1 aromatic carbocycles. The van der Waals surface area contributed by atoms with Crippen LogP contribution in [0.1, 0.15) is 31.4 Å². The fourth-order valence-corrected chi connectivity index (χ4v) is 2.67. The zero-order valence-corrected chi connectivity index (χ0v) is 12.0. The molecule has 0 saturated carbocycles. The van der Waals surface area contributed by atoms with Gasteiger partial charge in [-0.05, 0) is 18.9 Å². The molecule has 19 heavy (non-hydrogen) atoms. The van der Waals surface area contributed by atoms with Gasteiger partial charge in [0.15, 0.2) is 0 Å². The summed E-state index contributed by atoms with van der Waals surface area (Å²) in [6, 6.07) is 8.08. The molecule has 1 unspecified atom stereocenters. The molecule has 0 spiro atoms. The number of aliphatic hydroxyl groups is 1. The summed E-state index contributed by atoms with van der Waals surface area (Å²) >= 11 is 0. The van der Waals surface area contributed by atoms with Gasteiger partial charge in [-0.25, -0.2) is 0 Å². The summed E-state index contributed by atoms with van der Waals surface area (Å²) in [5.74, 6) is 0.158. The number of nitrogens with zero attached hydrogens (tertiary/aromatic N) is 1. The molecule has 2 rings (SSSR count). The van der Waals surface area contributed by atoms with Gasteiger partial charge in [0.25, 0.3) is 0 Å². The second-order valence-corrected chi connectivity index (χ2v) is 6.27. The highest BCUT2D eigenvalue weighted by Crippen LogP contribution is 2.29. The van der Waals surface area contributed by atoms with Crippen molar-refractivity contribution in [2.45, 2.75) is 39.7 Å². The summed E-state index contributed by atoms with van der Waals surface area (Å²) in [5.41, 5.74) is 2.04. The Balaban J connectivity index is 2.01. The van der Waals surface area contributed by atoms with Gasteiger partial charge in [0.2, 0.25) is 5.91 Å². The number of aliphatic hydroxyl groups excluding tert-OH is 1. The van der Waals surface area contributed by atoms with E-state index in [-0.39, 0.29) is 17.4 Å². The fraction of sp³-hybridized carbons (Fsp3) is 0.562. The van der Waals surface area contributed by atoms with E-state index in [2.05, 4.69) is 6.07 Å². The van der Waals surface area contributed by atoms with Gasteiger partial charge in [-0.2, -0.15) is 0 Å². The summed E-state index contributed by atoms with van der Waals surface area (Å²) in [6.45, 7) is 7.37. The van der Waals surface area contributed by atoms with Crippen LogP contribution in [0.3, 0.4) is 0 Å². The third-order valence-corrected chi connectivity index (χ3v) is 3.96. The van der Waals surface area contributed by atoms with Crippen molar-refractivity contribution in [2.24, 2.45) is 5.41 Å². The van der Waals surface area contributed by atoms with Gasteiger partial charge in [0.05, 0.1) is 12.5 Å². The largest absolute Gasteiger partial charge is 0.392 e. The fourth-order valence-electron chi connectivity index (χ4n) is 2.67. The van der Waals surface area contributed by atoms with Crippen LogP contribution in [0.25, 0.3) is 0 Å². The first kappa shape index (κ1) is 14.1. The third kappa shape index (κ3) is 3.35. The van der Waals surface area contributed by atoms with Gasteiger partial charge in [-0.1, -0.05) is 43.7 Å². The van der Waals surface area contributed by atoms with Crippen molar-refractivity contribution >= 4 is 5.91 Å². The van der Waals surface area contributed by atoms with Crippen LogP contribution >= 0.6 is 0 Å². The first-order valence-electron chi connectivity index (χ1n) is 6.90. The van der Waals surface area contributed by atoms with Crippen molar-refractivity contribution in [3.8, 4) is 0 Å². The maximum absolute atomic E-state index is 12.3.